The molecule has 2 aliphatic heterocycles. The van der Waals surface area contributed by atoms with Gasteiger partial charge in [0.2, 0.25) is 0 Å². The van der Waals surface area contributed by atoms with Crippen molar-refractivity contribution in [1.29, 1.82) is 0 Å². The molecular formula is C12H24O4P2. The molecule has 0 spiro atoms. The third-order valence-corrected chi connectivity index (χ3v) is 7.63. The second kappa shape index (κ2) is 5.24. The smallest absolute Gasteiger partial charge is 0.171 e. The maximum absolute atomic E-state index is 5.94. The molecule has 2 saturated heterocycles. The molecule has 106 valence electrons. The van der Waals surface area contributed by atoms with Gasteiger partial charge in [-0.3, -0.25) is 0 Å². The largest absolute Gasteiger partial charge is 0.328 e. The molecule has 4 unspecified atom stereocenters. The Labute approximate surface area is 113 Å². The molecule has 0 aromatic carbocycles. The fourth-order valence-corrected chi connectivity index (χ4v) is 6.03. The first-order chi connectivity index (χ1) is 8.21. The van der Waals surface area contributed by atoms with Gasteiger partial charge in [-0.1, -0.05) is 0 Å². The van der Waals surface area contributed by atoms with E-state index >= 15 is 0 Å². The first-order valence-corrected chi connectivity index (χ1v) is 9.20. The van der Waals surface area contributed by atoms with E-state index in [4.69, 9.17) is 18.1 Å². The van der Waals surface area contributed by atoms with Crippen LogP contribution in [0.4, 0.5) is 0 Å². The molecule has 0 aromatic rings. The molecular weight excluding hydrogens is 270 g/mol. The summed E-state index contributed by atoms with van der Waals surface area (Å²) in [5.74, 6) is 0. The fourth-order valence-electron chi connectivity index (χ4n) is 1.68. The van der Waals surface area contributed by atoms with E-state index in [2.05, 4.69) is 41.5 Å². The van der Waals surface area contributed by atoms with Crippen LogP contribution in [0.2, 0.25) is 0 Å². The molecule has 6 heteroatoms. The van der Waals surface area contributed by atoms with E-state index in [9.17, 15) is 0 Å². The molecule has 2 fully saturated rings. The molecule has 0 aromatic heterocycles. The zero-order valence-electron chi connectivity index (χ0n) is 12.1. The van der Waals surface area contributed by atoms with Gasteiger partial charge in [0.1, 0.15) is 0 Å². The molecule has 2 heterocycles. The van der Waals surface area contributed by atoms with Crippen LogP contribution in [0.3, 0.4) is 0 Å². The molecule has 18 heavy (non-hydrogen) atoms. The van der Waals surface area contributed by atoms with E-state index in [0.29, 0.717) is 0 Å². The normalized spacial score (nSPS) is 42.3. The topological polar surface area (TPSA) is 36.9 Å². The first-order valence-electron chi connectivity index (χ1n) is 6.47. The molecule has 0 saturated carbocycles. The number of hydrogen-bond donors (Lipinski definition) is 0. The fraction of sp³-hybridized carbons (Fsp3) is 1.00. The Bertz CT molecular complexity index is 278. The van der Waals surface area contributed by atoms with Gasteiger partial charge in [-0.2, -0.15) is 0 Å². The zero-order valence-corrected chi connectivity index (χ0v) is 13.9. The Kier molecular flexibility index (Phi) is 4.39. The standard InChI is InChI=1S/C12H24O4P2/c1-9-11(3,4)15-17(13-9)7-8-18-14-10(2)12(5,6)16-18/h9-10H,7-8H2,1-6H3. The summed E-state index contributed by atoms with van der Waals surface area (Å²) in [7, 11) is -1.56. The van der Waals surface area contributed by atoms with E-state index in [1.54, 1.807) is 0 Å². The molecule has 0 aliphatic carbocycles. The predicted octanol–water partition coefficient (Wildman–Crippen LogP) is 4.04. The molecule has 4 atom stereocenters. The van der Waals surface area contributed by atoms with Crippen molar-refractivity contribution in [2.24, 2.45) is 0 Å². The van der Waals surface area contributed by atoms with Crippen molar-refractivity contribution >= 4 is 16.8 Å². The van der Waals surface area contributed by atoms with Crippen molar-refractivity contribution < 1.29 is 18.1 Å². The van der Waals surface area contributed by atoms with Crippen LogP contribution in [0.5, 0.6) is 0 Å². The number of rotatable bonds is 3. The van der Waals surface area contributed by atoms with E-state index in [1.807, 2.05) is 0 Å². The maximum Gasteiger partial charge on any atom is 0.171 e. The molecule has 4 nitrogen and oxygen atoms in total. The van der Waals surface area contributed by atoms with Crippen molar-refractivity contribution in [2.45, 2.75) is 65.0 Å². The van der Waals surface area contributed by atoms with Crippen LogP contribution >= 0.6 is 16.8 Å². The van der Waals surface area contributed by atoms with Gasteiger partial charge >= 0.3 is 0 Å². The third-order valence-electron chi connectivity index (χ3n) is 3.65. The average molecular weight is 294 g/mol. The van der Waals surface area contributed by atoms with E-state index in [0.717, 1.165) is 12.3 Å². The molecule has 2 aliphatic rings. The zero-order chi connectivity index (χ0) is 13.6. The summed E-state index contributed by atoms with van der Waals surface area (Å²) in [5, 5.41) is 0. The van der Waals surface area contributed by atoms with Crippen molar-refractivity contribution in [3.05, 3.63) is 0 Å². The third kappa shape index (κ3) is 3.23. The highest BCUT2D eigenvalue weighted by Gasteiger charge is 2.43. The average Bonchev–Trinajstić information content (AvgIpc) is 2.62. The van der Waals surface area contributed by atoms with Crippen molar-refractivity contribution in [3.63, 3.8) is 0 Å². The SMILES string of the molecule is CC1OP(CCP2OC(C)C(C)(C)O2)OC1(C)C. The Morgan fingerprint density at radius 1 is 0.778 bits per heavy atom. The van der Waals surface area contributed by atoms with Gasteiger partial charge in [0.25, 0.3) is 0 Å². The van der Waals surface area contributed by atoms with Crippen molar-refractivity contribution in [2.75, 3.05) is 12.3 Å². The van der Waals surface area contributed by atoms with Crippen LogP contribution < -0.4 is 0 Å². The Hall–Kier alpha value is 0.700. The van der Waals surface area contributed by atoms with E-state index < -0.39 is 16.8 Å². The summed E-state index contributed by atoms with van der Waals surface area (Å²) < 4.78 is 23.6. The highest BCUT2D eigenvalue weighted by atomic mass is 31.2. The summed E-state index contributed by atoms with van der Waals surface area (Å²) in [6, 6.07) is 0. The summed E-state index contributed by atoms with van der Waals surface area (Å²) in [6.07, 6.45) is 2.13. The highest BCUT2D eigenvalue weighted by Crippen LogP contribution is 2.58. The van der Waals surface area contributed by atoms with Gasteiger partial charge in [0.05, 0.1) is 23.4 Å². The number of hydrogen-bond acceptors (Lipinski definition) is 4. The van der Waals surface area contributed by atoms with Crippen LogP contribution in [0, 0.1) is 0 Å². The minimum Gasteiger partial charge on any atom is -0.328 e. The lowest BCUT2D eigenvalue weighted by atomic mass is 10.0. The highest BCUT2D eigenvalue weighted by molar-refractivity contribution is 7.51. The quantitative estimate of drug-likeness (QED) is 0.736. The van der Waals surface area contributed by atoms with Gasteiger partial charge in [0.15, 0.2) is 16.8 Å². The molecule has 0 radical (unpaired) electrons. The van der Waals surface area contributed by atoms with Gasteiger partial charge in [-0.05, 0) is 41.5 Å². The van der Waals surface area contributed by atoms with Crippen LogP contribution in [-0.4, -0.2) is 35.7 Å². The minimum absolute atomic E-state index is 0.164. The van der Waals surface area contributed by atoms with Crippen LogP contribution in [0.1, 0.15) is 41.5 Å². The van der Waals surface area contributed by atoms with Crippen LogP contribution in [0.15, 0.2) is 0 Å². The lowest BCUT2D eigenvalue weighted by Crippen LogP contribution is -2.29. The Morgan fingerprint density at radius 3 is 1.33 bits per heavy atom. The molecule has 0 amide bonds. The molecule has 0 N–H and O–H groups in total. The van der Waals surface area contributed by atoms with Crippen molar-refractivity contribution in [3.8, 4) is 0 Å². The maximum atomic E-state index is 5.94. The van der Waals surface area contributed by atoms with Crippen molar-refractivity contribution in [1.82, 2.24) is 0 Å². The second-order valence-corrected chi connectivity index (χ2v) is 9.01. The lowest BCUT2D eigenvalue weighted by molar-refractivity contribution is 0.0851. The predicted molar refractivity (Wildman–Crippen MR) is 75.0 cm³/mol. The van der Waals surface area contributed by atoms with E-state index in [-0.39, 0.29) is 23.4 Å². The molecule has 0 bridgehead atoms. The molecule has 2 rings (SSSR count). The first kappa shape index (κ1) is 15.1. The Morgan fingerprint density at radius 2 is 1.11 bits per heavy atom. The monoisotopic (exact) mass is 294 g/mol. The van der Waals surface area contributed by atoms with E-state index in [1.165, 1.54) is 0 Å². The summed E-state index contributed by atoms with van der Waals surface area (Å²) in [6.45, 7) is 12.5. The second-order valence-electron chi connectivity index (χ2n) is 6.00. The minimum atomic E-state index is -0.778. The van der Waals surface area contributed by atoms with Gasteiger partial charge in [-0.15, -0.1) is 0 Å². The summed E-state index contributed by atoms with van der Waals surface area (Å²) >= 11 is 0. The summed E-state index contributed by atoms with van der Waals surface area (Å²) in [4.78, 5) is 0. The lowest BCUT2D eigenvalue weighted by Gasteiger charge is -2.19. The van der Waals surface area contributed by atoms with Crippen LogP contribution in [0.25, 0.3) is 0 Å². The van der Waals surface area contributed by atoms with Gasteiger partial charge in [-0.25, -0.2) is 0 Å². The van der Waals surface area contributed by atoms with Crippen LogP contribution in [-0.2, 0) is 18.1 Å². The Balaban J connectivity index is 1.77. The van der Waals surface area contributed by atoms with Gasteiger partial charge < -0.3 is 18.1 Å². The van der Waals surface area contributed by atoms with Gasteiger partial charge in [0, 0.05) is 12.3 Å². The summed E-state index contributed by atoms with van der Waals surface area (Å²) in [5.41, 5.74) is -0.328.